The molecule has 0 fully saturated rings. The van der Waals surface area contributed by atoms with Gasteiger partial charge in [0.1, 0.15) is 0 Å². The molecule has 1 aromatic carbocycles. The summed E-state index contributed by atoms with van der Waals surface area (Å²) in [6.45, 7) is 8.43. The van der Waals surface area contributed by atoms with Crippen molar-refractivity contribution >= 4 is 34.7 Å². The summed E-state index contributed by atoms with van der Waals surface area (Å²) < 4.78 is 2.17. The number of halogens is 2. The number of carbonyl (C=O) groups excluding carboxylic acids is 1. The molecular formula is C17H20Cl2N2O. The summed E-state index contributed by atoms with van der Waals surface area (Å²) in [7, 11) is 0. The second kappa shape index (κ2) is 6.76. The topological polar surface area (TPSA) is 34.0 Å². The SMILES string of the molecule is Cc1cc(C(=O)CNc2cc(Cl)cc(Cl)c2)c(C)n1C(C)C. The molecule has 0 atom stereocenters. The molecule has 1 aromatic heterocycles. The molecule has 0 amide bonds. The molecule has 0 saturated carbocycles. The molecule has 0 aliphatic rings. The van der Waals surface area contributed by atoms with Gasteiger partial charge in [0.2, 0.25) is 0 Å². The molecule has 0 spiro atoms. The first-order valence-electron chi connectivity index (χ1n) is 7.21. The summed E-state index contributed by atoms with van der Waals surface area (Å²) in [6.07, 6.45) is 0. The van der Waals surface area contributed by atoms with Crippen LogP contribution in [0.25, 0.3) is 0 Å². The molecule has 2 aromatic rings. The number of benzene rings is 1. The lowest BCUT2D eigenvalue weighted by Crippen LogP contribution is -2.15. The second-order valence-corrected chi connectivity index (χ2v) is 6.56. The van der Waals surface area contributed by atoms with E-state index in [9.17, 15) is 4.79 Å². The van der Waals surface area contributed by atoms with E-state index in [0.29, 0.717) is 16.1 Å². The highest BCUT2D eigenvalue weighted by Crippen LogP contribution is 2.23. The molecule has 22 heavy (non-hydrogen) atoms. The fourth-order valence-corrected chi connectivity index (χ4v) is 3.31. The zero-order valence-electron chi connectivity index (χ0n) is 13.2. The maximum absolute atomic E-state index is 12.5. The highest BCUT2D eigenvalue weighted by molar-refractivity contribution is 6.35. The number of nitrogens with one attached hydrogen (secondary N) is 1. The van der Waals surface area contributed by atoms with E-state index >= 15 is 0 Å². The molecular weight excluding hydrogens is 319 g/mol. The fraction of sp³-hybridized carbons (Fsp3) is 0.353. The van der Waals surface area contributed by atoms with Gasteiger partial charge in [-0.1, -0.05) is 23.2 Å². The summed E-state index contributed by atoms with van der Waals surface area (Å²) in [6, 6.07) is 7.44. The molecule has 0 unspecified atom stereocenters. The van der Waals surface area contributed by atoms with Crippen molar-refractivity contribution in [3.05, 3.63) is 51.3 Å². The first-order chi connectivity index (χ1) is 10.3. The van der Waals surface area contributed by atoms with E-state index in [2.05, 4.69) is 23.7 Å². The van der Waals surface area contributed by atoms with Crippen molar-refractivity contribution in [3.8, 4) is 0 Å². The average molecular weight is 339 g/mol. The van der Waals surface area contributed by atoms with Gasteiger partial charge in [0.25, 0.3) is 0 Å². The standard InChI is InChI=1S/C17H20Cl2N2O/c1-10(2)21-11(3)5-16(12(21)4)17(22)9-20-15-7-13(18)6-14(19)8-15/h5-8,10,20H,9H2,1-4H3. The van der Waals surface area contributed by atoms with Crippen molar-refractivity contribution in [2.75, 3.05) is 11.9 Å². The summed E-state index contributed by atoms with van der Waals surface area (Å²) in [5, 5.41) is 4.17. The van der Waals surface area contributed by atoms with Gasteiger partial charge in [0.05, 0.1) is 6.54 Å². The van der Waals surface area contributed by atoms with Gasteiger partial charge in [0, 0.05) is 38.7 Å². The monoisotopic (exact) mass is 338 g/mol. The Morgan fingerprint density at radius 1 is 1.14 bits per heavy atom. The Bertz CT molecular complexity index is 685. The average Bonchev–Trinajstić information content (AvgIpc) is 2.70. The Morgan fingerprint density at radius 2 is 1.73 bits per heavy atom. The van der Waals surface area contributed by atoms with Gasteiger partial charge in [-0.2, -0.15) is 0 Å². The fourth-order valence-electron chi connectivity index (χ4n) is 2.79. The molecule has 0 aliphatic carbocycles. The molecule has 0 aliphatic heterocycles. The number of aryl methyl sites for hydroxylation is 1. The second-order valence-electron chi connectivity index (χ2n) is 5.68. The molecule has 0 radical (unpaired) electrons. The van der Waals surface area contributed by atoms with Crippen LogP contribution >= 0.6 is 23.2 Å². The van der Waals surface area contributed by atoms with Crippen molar-refractivity contribution in [1.29, 1.82) is 0 Å². The van der Waals surface area contributed by atoms with Gasteiger partial charge in [-0.15, -0.1) is 0 Å². The molecule has 1 N–H and O–H groups in total. The maximum atomic E-state index is 12.5. The third kappa shape index (κ3) is 3.65. The quantitative estimate of drug-likeness (QED) is 0.751. The van der Waals surface area contributed by atoms with Crippen molar-refractivity contribution in [2.45, 2.75) is 33.7 Å². The van der Waals surface area contributed by atoms with Gasteiger partial charge < -0.3 is 9.88 Å². The van der Waals surface area contributed by atoms with Crippen LogP contribution in [0.1, 0.15) is 41.6 Å². The van der Waals surface area contributed by atoms with Gasteiger partial charge in [0.15, 0.2) is 5.78 Å². The highest BCUT2D eigenvalue weighted by atomic mass is 35.5. The number of rotatable bonds is 5. The van der Waals surface area contributed by atoms with Crippen molar-refractivity contribution in [3.63, 3.8) is 0 Å². The minimum atomic E-state index is 0.0519. The van der Waals surface area contributed by atoms with E-state index in [-0.39, 0.29) is 12.3 Å². The number of carbonyl (C=O) groups is 1. The van der Waals surface area contributed by atoms with Gasteiger partial charge in [-0.25, -0.2) is 0 Å². The van der Waals surface area contributed by atoms with Crippen LogP contribution in [0, 0.1) is 13.8 Å². The first-order valence-corrected chi connectivity index (χ1v) is 7.96. The van der Waals surface area contributed by atoms with E-state index in [4.69, 9.17) is 23.2 Å². The largest absolute Gasteiger partial charge is 0.377 e. The van der Waals surface area contributed by atoms with Crippen LogP contribution in [-0.4, -0.2) is 16.9 Å². The smallest absolute Gasteiger partial charge is 0.183 e. The summed E-state index contributed by atoms with van der Waals surface area (Å²) in [5.74, 6) is 0.0519. The molecule has 5 heteroatoms. The number of aromatic nitrogens is 1. The Labute approximate surface area is 141 Å². The predicted molar refractivity (Wildman–Crippen MR) is 93.6 cm³/mol. The number of hydrogen-bond donors (Lipinski definition) is 1. The zero-order chi connectivity index (χ0) is 16.4. The lowest BCUT2D eigenvalue weighted by atomic mass is 10.1. The number of ketones is 1. The molecule has 1 heterocycles. The molecule has 0 saturated heterocycles. The Morgan fingerprint density at radius 3 is 2.23 bits per heavy atom. The van der Waals surface area contributed by atoms with Crippen LogP contribution in [0.5, 0.6) is 0 Å². The van der Waals surface area contributed by atoms with E-state index in [1.54, 1.807) is 18.2 Å². The summed E-state index contributed by atoms with van der Waals surface area (Å²) in [5.41, 5.74) is 3.60. The number of nitrogens with zero attached hydrogens (tertiary/aromatic N) is 1. The van der Waals surface area contributed by atoms with Crippen LogP contribution in [0.3, 0.4) is 0 Å². The van der Waals surface area contributed by atoms with Crippen LogP contribution < -0.4 is 5.32 Å². The minimum Gasteiger partial charge on any atom is -0.377 e. The third-order valence-corrected chi connectivity index (χ3v) is 4.05. The van der Waals surface area contributed by atoms with Crippen molar-refractivity contribution in [1.82, 2.24) is 4.57 Å². The summed E-state index contributed by atoms with van der Waals surface area (Å²) >= 11 is 11.9. The van der Waals surface area contributed by atoms with E-state index < -0.39 is 0 Å². The molecule has 118 valence electrons. The number of hydrogen-bond acceptors (Lipinski definition) is 2. The predicted octanol–water partition coefficient (Wildman–Crippen LogP) is 5.29. The number of anilines is 1. The van der Waals surface area contributed by atoms with Gasteiger partial charge >= 0.3 is 0 Å². The number of Topliss-reactive ketones (excluding diaryl/α,β-unsaturated/α-hetero) is 1. The van der Waals surface area contributed by atoms with E-state index in [0.717, 1.165) is 22.6 Å². The van der Waals surface area contributed by atoms with Crippen molar-refractivity contribution < 1.29 is 4.79 Å². The third-order valence-electron chi connectivity index (χ3n) is 3.62. The molecule has 3 nitrogen and oxygen atoms in total. The Kier molecular flexibility index (Phi) is 5.20. The van der Waals surface area contributed by atoms with Crippen LogP contribution in [0.15, 0.2) is 24.3 Å². The molecule has 0 bridgehead atoms. The normalized spacial score (nSPS) is 11.0. The zero-order valence-corrected chi connectivity index (χ0v) is 14.7. The van der Waals surface area contributed by atoms with Crippen LogP contribution in [0.2, 0.25) is 10.0 Å². The van der Waals surface area contributed by atoms with Gasteiger partial charge in [-0.3, -0.25) is 4.79 Å². The lowest BCUT2D eigenvalue weighted by Gasteiger charge is -2.13. The highest BCUT2D eigenvalue weighted by Gasteiger charge is 2.16. The molecule has 2 rings (SSSR count). The van der Waals surface area contributed by atoms with Gasteiger partial charge in [-0.05, 0) is 52.0 Å². The summed E-state index contributed by atoms with van der Waals surface area (Å²) in [4.78, 5) is 12.5. The Balaban J connectivity index is 2.14. The van der Waals surface area contributed by atoms with Crippen molar-refractivity contribution in [2.24, 2.45) is 0 Å². The van der Waals surface area contributed by atoms with E-state index in [1.807, 2.05) is 19.9 Å². The lowest BCUT2D eigenvalue weighted by molar-refractivity contribution is 0.101. The Hall–Kier alpha value is -1.45. The minimum absolute atomic E-state index is 0.0519. The van der Waals surface area contributed by atoms with Crippen LogP contribution in [-0.2, 0) is 0 Å². The van der Waals surface area contributed by atoms with E-state index in [1.165, 1.54) is 0 Å². The van der Waals surface area contributed by atoms with Crippen LogP contribution in [0.4, 0.5) is 5.69 Å². The maximum Gasteiger partial charge on any atom is 0.183 e. The first kappa shape index (κ1) is 16.9.